The lowest BCUT2D eigenvalue weighted by Crippen LogP contribution is -2.54. The Balaban J connectivity index is 1.33. The topological polar surface area (TPSA) is 38.3 Å². The van der Waals surface area contributed by atoms with Gasteiger partial charge >= 0.3 is 0 Å². The van der Waals surface area contributed by atoms with Crippen LogP contribution in [0, 0.1) is 52.3 Å². The van der Waals surface area contributed by atoms with E-state index in [4.69, 9.17) is 4.74 Å². The van der Waals surface area contributed by atoms with Crippen molar-refractivity contribution in [2.24, 2.45) is 52.3 Å². The third-order valence-corrected chi connectivity index (χ3v) is 11.8. The van der Waals surface area contributed by atoms with Crippen LogP contribution in [0.1, 0.15) is 112 Å². The van der Waals surface area contributed by atoms with E-state index in [1.54, 1.807) is 0 Å². The molecule has 0 aromatic heterocycles. The summed E-state index contributed by atoms with van der Waals surface area (Å²) in [5.74, 6) is 6.29. The molecule has 200 valence electrons. The molecule has 4 rings (SSSR count). The van der Waals surface area contributed by atoms with E-state index in [9.17, 15) is 4.79 Å². The van der Waals surface area contributed by atoms with Crippen LogP contribution >= 0.6 is 0 Å². The van der Waals surface area contributed by atoms with Crippen LogP contribution in [0.3, 0.4) is 0 Å². The molecule has 4 fully saturated rings. The van der Waals surface area contributed by atoms with Gasteiger partial charge in [0.05, 0.1) is 12.7 Å². The Kier molecular flexibility index (Phi) is 8.77. The largest absolute Gasteiger partial charge is 0.376 e. The molecule has 0 aromatic rings. The number of hydrogen-bond acceptors (Lipinski definition) is 2. The lowest BCUT2D eigenvalue weighted by Gasteiger charge is -2.61. The predicted octanol–water partition coefficient (Wildman–Crippen LogP) is 7.80. The minimum Gasteiger partial charge on any atom is -0.376 e. The van der Waals surface area contributed by atoms with E-state index in [0.717, 1.165) is 41.4 Å². The van der Waals surface area contributed by atoms with Crippen molar-refractivity contribution in [2.45, 2.75) is 118 Å². The summed E-state index contributed by atoms with van der Waals surface area (Å²) in [6, 6.07) is 0. The van der Waals surface area contributed by atoms with Gasteiger partial charge in [0, 0.05) is 6.54 Å². The van der Waals surface area contributed by atoms with Crippen LogP contribution in [0.2, 0.25) is 0 Å². The first kappa shape index (κ1) is 27.2. The summed E-state index contributed by atoms with van der Waals surface area (Å²) in [5.41, 5.74) is 1.11. The number of fused-ring (bicyclic) bond motifs is 5. The summed E-state index contributed by atoms with van der Waals surface area (Å²) in [7, 11) is 0. The molecule has 4 saturated carbocycles. The summed E-state index contributed by atoms with van der Waals surface area (Å²) in [4.78, 5) is 11.4. The molecule has 1 N–H and O–H groups in total. The molecule has 9 atom stereocenters. The predicted molar refractivity (Wildman–Crippen MR) is 146 cm³/mol. The van der Waals surface area contributed by atoms with E-state index in [1.807, 2.05) is 0 Å². The maximum absolute atomic E-state index is 11.4. The molecule has 1 amide bonds. The Bertz CT molecular complexity index is 733. The molecule has 0 bridgehead atoms. The van der Waals surface area contributed by atoms with Gasteiger partial charge in [0.2, 0.25) is 5.91 Å². The van der Waals surface area contributed by atoms with E-state index in [-0.39, 0.29) is 5.91 Å². The molecule has 0 saturated heterocycles. The zero-order chi connectivity index (χ0) is 25.2. The van der Waals surface area contributed by atoms with E-state index in [2.05, 4.69) is 46.5 Å². The second-order valence-corrected chi connectivity index (χ2v) is 13.9. The van der Waals surface area contributed by atoms with Crippen LogP contribution in [-0.2, 0) is 9.53 Å². The highest BCUT2D eigenvalue weighted by molar-refractivity contribution is 5.86. The van der Waals surface area contributed by atoms with Gasteiger partial charge in [-0.25, -0.2) is 0 Å². The highest BCUT2D eigenvalue weighted by Crippen LogP contribution is 2.68. The molecule has 4 aliphatic carbocycles. The Morgan fingerprint density at radius 2 is 1.74 bits per heavy atom. The molecule has 3 nitrogen and oxygen atoms in total. The number of hydrogen-bond donors (Lipinski definition) is 1. The van der Waals surface area contributed by atoms with Crippen molar-refractivity contribution in [2.75, 3.05) is 13.2 Å². The molecule has 1 unspecified atom stereocenters. The van der Waals surface area contributed by atoms with Gasteiger partial charge in [-0.1, -0.05) is 60.5 Å². The number of amides is 1. The number of ether oxygens (including phenoxy) is 1. The van der Waals surface area contributed by atoms with Gasteiger partial charge < -0.3 is 10.1 Å². The van der Waals surface area contributed by atoms with Crippen LogP contribution in [0.5, 0.6) is 0 Å². The molecule has 0 aliphatic heterocycles. The number of nitrogens with one attached hydrogen (secondary N) is 1. The van der Waals surface area contributed by atoms with Crippen molar-refractivity contribution < 1.29 is 9.53 Å². The van der Waals surface area contributed by atoms with Crippen LogP contribution < -0.4 is 5.32 Å². The van der Waals surface area contributed by atoms with Crippen molar-refractivity contribution in [1.82, 2.24) is 5.32 Å². The van der Waals surface area contributed by atoms with E-state index < -0.39 is 0 Å². The molecule has 3 heteroatoms. The summed E-state index contributed by atoms with van der Waals surface area (Å²) in [6.07, 6.45) is 18.5. The van der Waals surface area contributed by atoms with Crippen molar-refractivity contribution in [3.63, 3.8) is 0 Å². The van der Waals surface area contributed by atoms with Gasteiger partial charge in [0.15, 0.2) is 0 Å². The first-order valence-corrected chi connectivity index (χ1v) is 15.2. The molecular weight excluding hydrogens is 430 g/mol. The average Bonchev–Trinajstić information content (AvgIpc) is 3.18. The van der Waals surface area contributed by atoms with Crippen molar-refractivity contribution >= 4 is 5.91 Å². The van der Waals surface area contributed by atoms with Gasteiger partial charge in [0.25, 0.3) is 0 Å². The fourth-order valence-corrected chi connectivity index (χ4v) is 9.87. The Morgan fingerprint density at radius 1 is 1.00 bits per heavy atom. The lowest BCUT2D eigenvalue weighted by atomic mass is 9.44. The molecule has 35 heavy (non-hydrogen) atoms. The summed E-state index contributed by atoms with van der Waals surface area (Å²) in [5, 5.41) is 2.84. The average molecular weight is 486 g/mol. The second-order valence-electron chi connectivity index (χ2n) is 13.9. The standard InChI is InChI=1S/C32H55NO2/c1-7-30(34)33-19-20-35-25-15-17-31(5)24(21-25)11-12-26-28-14-13-27(23(4)10-8-9-22(2)3)32(28,6)18-16-29(26)31/h7,22-29H,1,8-21H2,2-6H3,(H,33,34)/t23-,24+,25+,26+,27?,28+,29+,31+,32-/m1/s1. The number of carbonyl (C=O) groups is 1. The minimum atomic E-state index is -0.105. The summed E-state index contributed by atoms with van der Waals surface area (Å²) in [6.45, 7) is 17.4. The Labute approximate surface area is 216 Å². The minimum absolute atomic E-state index is 0.105. The highest BCUT2D eigenvalue weighted by Gasteiger charge is 2.60. The zero-order valence-electron chi connectivity index (χ0n) is 23.6. The third kappa shape index (κ3) is 5.55. The molecule has 4 aliphatic rings. The molecule has 0 aromatic carbocycles. The number of carbonyl (C=O) groups excluding carboxylic acids is 1. The monoisotopic (exact) mass is 485 g/mol. The number of rotatable bonds is 10. The van der Waals surface area contributed by atoms with Gasteiger partial charge in [0.1, 0.15) is 0 Å². The maximum atomic E-state index is 11.4. The fraction of sp³-hybridized carbons (Fsp3) is 0.906. The normalized spacial score (nSPS) is 41.5. The third-order valence-electron chi connectivity index (χ3n) is 11.8. The van der Waals surface area contributed by atoms with Gasteiger partial charge in [-0.3, -0.25) is 4.79 Å². The van der Waals surface area contributed by atoms with Crippen LogP contribution in [0.25, 0.3) is 0 Å². The first-order valence-electron chi connectivity index (χ1n) is 15.2. The quantitative estimate of drug-likeness (QED) is 0.253. The van der Waals surface area contributed by atoms with Crippen molar-refractivity contribution in [1.29, 1.82) is 0 Å². The molecule has 0 heterocycles. The molecular formula is C32H55NO2. The Morgan fingerprint density at radius 3 is 2.49 bits per heavy atom. The van der Waals surface area contributed by atoms with Gasteiger partial charge in [-0.05, 0) is 116 Å². The fourth-order valence-electron chi connectivity index (χ4n) is 9.87. The molecule has 0 spiro atoms. The van der Waals surface area contributed by atoms with E-state index >= 15 is 0 Å². The van der Waals surface area contributed by atoms with E-state index in [1.165, 1.54) is 83.1 Å². The smallest absolute Gasteiger partial charge is 0.243 e. The first-order chi connectivity index (χ1) is 16.7. The molecule has 0 radical (unpaired) electrons. The van der Waals surface area contributed by atoms with E-state index in [0.29, 0.717) is 30.1 Å². The highest BCUT2D eigenvalue weighted by atomic mass is 16.5. The van der Waals surface area contributed by atoms with Gasteiger partial charge in [-0.2, -0.15) is 0 Å². The van der Waals surface area contributed by atoms with Crippen LogP contribution in [-0.4, -0.2) is 25.2 Å². The summed E-state index contributed by atoms with van der Waals surface area (Å²) < 4.78 is 6.23. The zero-order valence-corrected chi connectivity index (χ0v) is 23.6. The van der Waals surface area contributed by atoms with Gasteiger partial charge in [-0.15, -0.1) is 0 Å². The van der Waals surface area contributed by atoms with Crippen molar-refractivity contribution in [3.05, 3.63) is 12.7 Å². The lowest BCUT2D eigenvalue weighted by molar-refractivity contribution is -0.136. The van der Waals surface area contributed by atoms with Crippen LogP contribution in [0.4, 0.5) is 0 Å². The maximum Gasteiger partial charge on any atom is 0.243 e. The summed E-state index contributed by atoms with van der Waals surface area (Å²) >= 11 is 0. The van der Waals surface area contributed by atoms with Crippen molar-refractivity contribution in [3.8, 4) is 0 Å². The Hall–Kier alpha value is -0.830. The SMILES string of the molecule is C=CC(=O)NCCO[C@H]1CC[C@@]2(C)[C@@H](CC[C@@H]3[C@@H]2CC[C@]2(C)C([C@H](C)CCCC(C)C)CC[C@@H]32)C1. The van der Waals surface area contributed by atoms with Crippen LogP contribution in [0.15, 0.2) is 12.7 Å². The second kappa shape index (κ2) is 11.3.